The molecule has 2 saturated heterocycles. The first kappa shape index (κ1) is 30.7. The minimum absolute atomic E-state index is 0.115. The van der Waals surface area contributed by atoms with Crippen LogP contribution in [0.15, 0.2) is 70.1 Å². The van der Waals surface area contributed by atoms with Crippen LogP contribution in [-0.4, -0.2) is 44.0 Å². The molecule has 9 nitrogen and oxygen atoms in total. The van der Waals surface area contributed by atoms with E-state index in [1.54, 1.807) is 24.4 Å². The summed E-state index contributed by atoms with van der Waals surface area (Å²) in [5.41, 5.74) is 4.56. The van der Waals surface area contributed by atoms with Crippen molar-refractivity contribution in [2.24, 2.45) is 0 Å². The Morgan fingerprint density at radius 3 is 2.44 bits per heavy atom. The zero-order valence-electron chi connectivity index (χ0n) is 26.6. The number of aromatic amines is 1. The Morgan fingerprint density at radius 2 is 1.66 bits per heavy atom. The molecule has 50 heavy (non-hydrogen) atoms. The lowest BCUT2D eigenvalue weighted by Gasteiger charge is -2.26. The average molecular weight is 695 g/mol. The molecular formula is C37H29F3N6O3S. The molecule has 1 N–H and O–H groups in total. The fraction of sp³-hybridized carbons (Fsp3) is 0.270. The SMILES string of the molecule is O=C1c2c(nc(CCc3ccc(F)cc3)c(-c3noc(=O)[nH]3)c2-c2cc3ccnc(N4CCCC4c4ccc(F)c(F)c4)c3s2)C2CCCN12. The molecule has 7 heterocycles. The molecule has 4 aromatic heterocycles. The lowest BCUT2D eigenvalue weighted by molar-refractivity contribution is 0.0776. The quantitative estimate of drug-likeness (QED) is 0.184. The van der Waals surface area contributed by atoms with Gasteiger partial charge in [0.1, 0.15) is 11.6 Å². The normalized spacial score (nSPS) is 18.4. The number of hydrogen-bond donors (Lipinski definition) is 1. The monoisotopic (exact) mass is 694 g/mol. The van der Waals surface area contributed by atoms with Gasteiger partial charge >= 0.3 is 5.76 Å². The molecule has 3 aliphatic rings. The zero-order chi connectivity index (χ0) is 34.1. The number of nitrogens with zero attached hydrogens (tertiary/aromatic N) is 5. The first-order valence-electron chi connectivity index (χ1n) is 16.6. The van der Waals surface area contributed by atoms with Crippen molar-refractivity contribution in [2.75, 3.05) is 18.0 Å². The molecule has 6 aromatic rings. The Kier molecular flexibility index (Phi) is 7.34. The highest BCUT2D eigenvalue weighted by atomic mass is 32.1. The highest BCUT2D eigenvalue weighted by molar-refractivity contribution is 7.23. The first-order valence-corrected chi connectivity index (χ1v) is 17.4. The smallest absolute Gasteiger partial charge is 0.348 e. The maximum absolute atomic E-state index is 14.3. The molecule has 0 spiro atoms. The Labute approximate surface area is 287 Å². The largest absolute Gasteiger partial charge is 0.439 e. The predicted octanol–water partition coefficient (Wildman–Crippen LogP) is 7.54. The summed E-state index contributed by atoms with van der Waals surface area (Å²) in [6.07, 6.45) is 5.97. The number of thiophene rings is 1. The number of fused-ring (bicyclic) bond motifs is 4. The van der Waals surface area contributed by atoms with Crippen LogP contribution in [0.25, 0.3) is 31.9 Å². The van der Waals surface area contributed by atoms with Gasteiger partial charge in [0.05, 0.1) is 39.3 Å². The maximum atomic E-state index is 14.3. The minimum atomic E-state index is -0.886. The third-order valence-electron chi connectivity index (χ3n) is 10.1. The van der Waals surface area contributed by atoms with Gasteiger partial charge in [0.25, 0.3) is 5.91 Å². The van der Waals surface area contributed by atoms with Crippen LogP contribution in [0.2, 0.25) is 0 Å². The van der Waals surface area contributed by atoms with Crippen molar-refractivity contribution in [3.63, 3.8) is 0 Å². The van der Waals surface area contributed by atoms with Crippen LogP contribution in [0.3, 0.4) is 0 Å². The molecule has 0 bridgehead atoms. The Hall–Kier alpha value is -5.30. The average Bonchev–Trinajstić information content (AvgIpc) is 3.96. The summed E-state index contributed by atoms with van der Waals surface area (Å²) >= 11 is 1.47. The number of H-pyrrole nitrogens is 1. The maximum Gasteiger partial charge on any atom is 0.439 e. The molecule has 0 aliphatic carbocycles. The van der Waals surface area contributed by atoms with Crippen LogP contribution in [0.4, 0.5) is 19.0 Å². The highest BCUT2D eigenvalue weighted by Crippen LogP contribution is 2.51. The van der Waals surface area contributed by atoms with E-state index in [9.17, 15) is 22.8 Å². The van der Waals surface area contributed by atoms with Gasteiger partial charge in [-0.25, -0.2) is 22.9 Å². The molecule has 13 heteroatoms. The van der Waals surface area contributed by atoms with E-state index in [1.165, 1.54) is 29.5 Å². The molecule has 1 amide bonds. The summed E-state index contributed by atoms with van der Waals surface area (Å²) in [6.45, 7) is 1.31. The molecule has 9 rings (SSSR count). The molecule has 0 radical (unpaired) electrons. The number of nitrogens with one attached hydrogen (secondary N) is 1. The molecule has 2 unspecified atom stereocenters. The van der Waals surface area contributed by atoms with Crippen molar-refractivity contribution in [2.45, 2.75) is 50.6 Å². The van der Waals surface area contributed by atoms with Gasteiger partial charge < -0.3 is 9.80 Å². The number of amides is 1. The summed E-state index contributed by atoms with van der Waals surface area (Å²) < 4.78 is 47.7. The fourth-order valence-corrected chi connectivity index (χ4v) is 9.07. The number of benzene rings is 2. The van der Waals surface area contributed by atoms with Crippen molar-refractivity contribution < 1.29 is 22.5 Å². The number of anilines is 1. The topological polar surface area (TPSA) is 108 Å². The van der Waals surface area contributed by atoms with Gasteiger partial charge in [-0.1, -0.05) is 23.4 Å². The summed E-state index contributed by atoms with van der Waals surface area (Å²) in [5.74, 6) is -2.05. The molecule has 0 saturated carbocycles. The number of aromatic nitrogens is 4. The van der Waals surface area contributed by atoms with Crippen molar-refractivity contribution in [1.29, 1.82) is 0 Å². The first-order chi connectivity index (χ1) is 24.3. The fourth-order valence-electron chi connectivity index (χ4n) is 7.85. The number of carbonyl (C=O) groups is 1. The van der Waals surface area contributed by atoms with E-state index in [2.05, 4.69) is 15.0 Å². The third-order valence-corrected chi connectivity index (χ3v) is 11.3. The zero-order valence-corrected chi connectivity index (χ0v) is 27.4. The number of hydrogen-bond acceptors (Lipinski definition) is 8. The number of rotatable bonds is 7. The molecule has 2 fully saturated rings. The van der Waals surface area contributed by atoms with Crippen LogP contribution >= 0.6 is 11.3 Å². The van der Waals surface area contributed by atoms with Crippen molar-refractivity contribution >= 4 is 33.1 Å². The molecule has 2 atom stereocenters. The molecule has 3 aliphatic heterocycles. The van der Waals surface area contributed by atoms with Gasteiger partial charge in [-0.15, -0.1) is 11.3 Å². The van der Waals surface area contributed by atoms with Crippen molar-refractivity contribution in [3.8, 4) is 21.8 Å². The second-order valence-electron chi connectivity index (χ2n) is 13.0. The summed E-state index contributed by atoms with van der Waals surface area (Å²) in [7, 11) is 0. The third kappa shape index (κ3) is 5.01. The van der Waals surface area contributed by atoms with E-state index in [4.69, 9.17) is 14.5 Å². The van der Waals surface area contributed by atoms with Crippen LogP contribution in [0.1, 0.15) is 70.6 Å². The summed E-state index contributed by atoms with van der Waals surface area (Å²) in [5, 5.41) is 4.98. The molecule has 252 valence electrons. The van der Waals surface area contributed by atoms with E-state index in [1.807, 2.05) is 17.0 Å². The van der Waals surface area contributed by atoms with Crippen molar-refractivity contribution in [3.05, 3.63) is 117 Å². The van der Waals surface area contributed by atoms with Gasteiger partial charge in [0, 0.05) is 29.7 Å². The van der Waals surface area contributed by atoms with E-state index in [0.29, 0.717) is 59.6 Å². The van der Waals surface area contributed by atoms with Gasteiger partial charge in [-0.05, 0) is 91.4 Å². The van der Waals surface area contributed by atoms with Gasteiger partial charge in [0.2, 0.25) is 0 Å². The second kappa shape index (κ2) is 11.9. The van der Waals surface area contributed by atoms with Gasteiger partial charge in [-0.2, -0.15) is 0 Å². The van der Waals surface area contributed by atoms with Gasteiger partial charge in [0.15, 0.2) is 17.5 Å². The van der Waals surface area contributed by atoms with E-state index in [0.717, 1.165) is 58.1 Å². The number of aryl methyl sites for hydroxylation is 2. The van der Waals surface area contributed by atoms with E-state index >= 15 is 0 Å². The minimum Gasteiger partial charge on any atom is -0.348 e. The van der Waals surface area contributed by atoms with Crippen LogP contribution in [0.5, 0.6) is 0 Å². The Morgan fingerprint density at radius 1 is 0.860 bits per heavy atom. The summed E-state index contributed by atoms with van der Waals surface area (Å²) in [6, 6.07) is 13.9. The Bertz CT molecular complexity index is 2370. The number of halogens is 3. The predicted molar refractivity (Wildman–Crippen MR) is 181 cm³/mol. The van der Waals surface area contributed by atoms with Crippen LogP contribution in [0, 0.1) is 17.5 Å². The van der Waals surface area contributed by atoms with Crippen molar-refractivity contribution in [1.82, 2.24) is 25.0 Å². The number of pyridine rings is 2. The van der Waals surface area contributed by atoms with E-state index < -0.39 is 17.4 Å². The second-order valence-corrected chi connectivity index (χ2v) is 14.0. The lowest BCUT2D eigenvalue weighted by Crippen LogP contribution is -2.23. The molecule has 2 aromatic carbocycles. The summed E-state index contributed by atoms with van der Waals surface area (Å²) in [4.78, 5) is 43.9. The lowest BCUT2D eigenvalue weighted by atomic mass is 9.92. The Balaban J connectivity index is 1.23. The van der Waals surface area contributed by atoms with Crippen LogP contribution in [-0.2, 0) is 12.8 Å². The van der Waals surface area contributed by atoms with Gasteiger partial charge in [-0.3, -0.25) is 19.3 Å². The number of carbonyl (C=O) groups excluding carboxylic acids is 1. The standard InChI is InChI=1S/C37H29F3N6O3S/c38-22-9-5-19(6-10-22)7-12-25-29(34-43-37(48)49-44-34)30(31-32(42-25)27-4-2-16-46(27)36(31)47)28-18-21-13-14-41-35(33(21)50-28)45-15-1-3-26(45)20-8-11-23(39)24(40)17-20/h5-6,8-11,13-14,17-18,26-27H,1-4,7,12,15-16H2,(H,43,44,48). The highest BCUT2D eigenvalue weighted by Gasteiger charge is 2.45. The van der Waals surface area contributed by atoms with Crippen LogP contribution < -0.4 is 10.7 Å². The van der Waals surface area contributed by atoms with E-state index in [-0.39, 0.29) is 29.6 Å². The molecular weight excluding hydrogens is 666 g/mol.